The first kappa shape index (κ1) is 12.8. The third-order valence-electron chi connectivity index (χ3n) is 2.53. The molecule has 1 unspecified atom stereocenters. The number of aryl methyl sites for hydroxylation is 1. The zero-order valence-corrected chi connectivity index (χ0v) is 10.0. The van der Waals surface area contributed by atoms with Gasteiger partial charge in [0.1, 0.15) is 5.82 Å². The molecule has 0 amide bonds. The topological polar surface area (TPSA) is 29.1 Å². The molecule has 1 aromatic carbocycles. The first-order valence-corrected chi connectivity index (χ1v) is 5.57. The molecule has 1 atom stereocenters. The number of hydrogen-bond acceptors (Lipinski definition) is 2. The van der Waals surface area contributed by atoms with Gasteiger partial charge in [0.05, 0.1) is 0 Å². The lowest BCUT2D eigenvalue weighted by Gasteiger charge is -2.12. The van der Waals surface area contributed by atoms with E-state index < -0.39 is 0 Å². The van der Waals surface area contributed by atoms with Crippen molar-refractivity contribution in [3.8, 4) is 0 Å². The van der Waals surface area contributed by atoms with E-state index in [0.717, 1.165) is 6.54 Å². The quantitative estimate of drug-likeness (QED) is 0.778. The molecule has 0 heterocycles. The minimum Gasteiger partial charge on any atom is -0.314 e. The fourth-order valence-corrected chi connectivity index (χ4v) is 1.75. The second-order valence-corrected chi connectivity index (χ2v) is 4.05. The van der Waals surface area contributed by atoms with Crippen LogP contribution in [0.1, 0.15) is 36.2 Å². The minimum absolute atomic E-state index is 0.0611. The molecule has 0 aliphatic heterocycles. The Morgan fingerprint density at radius 2 is 2.19 bits per heavy atom. The highest BCUT2D eigenvalue weighted by atomic mass is 19.1. The molecule has 0 aliphatic carbocycles. The number of carbonyl (C=O) groups is 1. The molecule has 0 fully saturated rings. The van der Waals surface area contributed by atoms with Crippen molar-refractivity contribution < 1.29 is 9.18 Å². The highest BCUT2D eigenvalue weighted by Crippen LogP contribution is 2.13. The SMILES string of the molecule is CCNC(C)CC(=O)c1ccc(F)cc1C. The Hall–Kier alpha value is -1.22. The zero-order valence-electron chi connectivity index (χ0n) is 10.0. The fraction of sp³-hybridized carbons (Fsp3) is 0.462. The molecule has 0 spiro atoms. The molecule has 88 valence electrons. The summed E-state index contributed by atoms with van der Waals surface area (Å²) in [5.74, 6) is -0.236. The lowest BCUT2D eigenvalue weighted by Crippen LogP contribution is -2.28. The van der Waals surface area contributed by atoms with Crippen LogP contribution in [0, 0.1) is 12.7 Å². The summed E-state index contributed by atoms with van der Waals surface area (Å²) in [5.41, 5.74) is 1.32. The van der Waals surface area contributed by atoms with E-state index in [4.69, 9.17) is 0 Å². The first-order chi connectivity index (χ1) is 7.54. The van der Waals surface area contributed by atoms with Gasteiger partial charge < -0.3 is 5.32 Å². The van der Waals surface area contributed by atoms with E-state index in [2.05, 4.69) is 5.32 Å². The number of halogens is 1. The summed E-state index contributed by atoms with van der Waals surface area (Å²) in [5, 5.41) is 3.18. The molecule has 0 bridgehead atoms. The Morgan fingerprint density at radius 3 is 2.75 bits per heavy atom. The average Bonchev–Trinajstić information content (AvgIpc) is 2.17. The number of Topliss-reactive ketones (excluding diaryl/α,β-unsaturated/α-hetero) is 1. The summed E-state index contributed by atoms with van der Waals surface area (Å²) >= 11 is 0. The van der Waals surface area contributed by atoms with Crippen LogP contribution in [0.25, 0.3) is 0 Å². The molecule has 2 nitrogen and oxygen atoms in total. The molecule has 1 N–H and O–H groups in total. The number of hydrogen-bond donors (Lipinski definition) is 1. The van der Waals surface area contributed by atoms with Gasteiger partial charge >= 0.3 is 0 Å². The highest BCUT2D eigenvalue weighted by Gasteiger charge is 2.12. The number of benzene rings is 1. The average molecular weight is 223 g/mol. The molecule has 0 aromatic heterocycles. The van der Waals surface area contributed by atoms with E-state index in [1.807, 2.05) is 13.8 Å². The molecule has 0 aliphatic rings. The van der Waals surface area contributed by atoms with Gasteiger partial charge in [0.25, 0.3) is 0 Å². The van der Waals surface area contributed by atoms with Crippen molar-refractivity contribution in [1.29, 1.82) is 0 Å². The normalized spacial score (nSPS) is 12.5. The van der Waals surface area contributed by atoms with Gasteiger partial charge in [-0.15, -0.1) is 0 Å². The molecule has 0 saturated carbocycles. The van der Waals surface area contributed by atoms with Gasteiger partial charge in [0.2, 0.25) is 0 Å². The third-order valence-corrected chi connectivity index (χ3v) is 2.53. The third kappa shape index (κ3) is 3.42. The van der Waals surface area contributed by atoms with Crippen molar-refractivity contribution in [3.05, 3.63) is 35.1 Å². The van der Waals surface area contributed by atoms with Crippen molar-refractivity contribution in [2.45, 2.75) is 33.2 Å². The van der Waals surface area contributed by atoms with Gasteiger partial charge in [-0.2, -0.15) is 0 Å². The van der Waals surface area contributed by atoms with Crippen LogP contribution in [0.3, 0.4) is 0 Å². The fourth-order valence-electron chi connectivity index (χ4n) is 1.75. The van der Waals surface area contributed by atoms with E-state index in [1.165, 1.54) is 12.1 Å². The summed E-state index contributed by atoms with van der Waals surface area (Å²) in [4.78, 5) is 11.9. The second kappa shape index (κ2) is 5.75. The molecule has 16 heavy (non-hydrogen) atoms. The van der Waals surface area contributed by atoms with Gasteiger partial charge in [-0.1, -0.05) is 6.92 Å². The predicted octanol–water partition coefficient (Wildman–Crippen LogP) is 2.70. The van der Waals surface area contributed by atoms with Crippen LogP contribution in [0.4, 0.5) is 4.39 Å². The molecule has 1 aromatic rings. The summed E-state index contributed by atoms with van der Waals surface area (Å²) in [6.45, 7) is 6.58. The molecule has 0 radical (unpaired) electrons. The maximum atomic E-state index is 12.9. The summed E-state index contributed by atoms with van der Waals surface area (Å²) < 4.78 is 12.9. The van der Waals surface area contributed by atoms with Gasteiger partial charge in [-0.25, -0.2) is 4.39 Å². The van der Waals surface area contributed by atoms with Crippen LogP contribution in [-0.4, -0.2) is 18.4 Å². The largest absolute Gasteiger partial charge is 0.314 e. The van der Waals surface area contributed by atoms with Crippen LogP contribution >= 0.6 is 0 Å². The second-order valence-electron chi connectivity index (χ2n) is 4.05. The van der Waals surface area contributed by atoms with Crippen LogP contribution in [0.5, 0.6) is 0 Å². The molecule has 1 rings (SSSR count). The van der Waals surface area contributed by atoms with E-state index in [-0.39, 0.29) is 17.6 Å². The Morgan fingerprint density at radius 1 is 1.50 bits per heavy atom. The van der Waals surface area contributed by atoms with E-state index in [1.54, 1.807) is 13.0 Å². The van der Waals surface area contributed by atoms with Crippen LogP contribution < -0.4 is 5.32 Å². The van der Waals surface area contributed by atoms with Gasteiger partial charge in [-0.3, -0.25) is 4.79 Å². The van der Waals surface area contributed by atoms with Crippen LogP contribution in [0.15, 0.2) is 18.2 Å². The molecular formula is C13H18FNO. The van der Waals surface area contributed by atoms with Crippen molar-refractivity contribution in [1.82, 2.24) is 5.32 Å². The van der Waals surface area contributed by atoms with E-state index in [9.17, 15) is 9.18 Å². The number of ketones is 1. The lowest BCUT2D eigenvalue weighted by atomic mass is 10.00. The number of nitrogens with one attached hydrogen (secondary N) is 1. The zero-order chi connectivity index (χ0) is 12.1. The summed E-state index contributed by atoms with van der Waals surface area (Å²) in [7, 11) is 0. The highest BCUT2D eigenvalue weighted by molar-refractivity contribution is 5.97. The molecule has 3 heteroatoms. The van der Waals surface area contributed by atoms with Crippen LogP contribution in [0.2, 0.25) is 0 Å². The summed E-state index contributed by atoms with van der Waals surface area (Å²) in [6.07, 6.45) is 0.445. The lowest BCUT2D eigenvalue weighted by molar-refractivity contribution is 0.0971. The van der Waals surface area contributed by atoms with Crippen molar-refractivity contribution in [3.63, 3.8) is 0 Å². The first-order valence-electron chi connectivity index (χ1n) is 5.57. The van der Waals surface area contributed by atoms with Gasteiger partial charge in [0, 0.05) is 18.0 Å². The Kier molecular flexibility index (Phi) is 4.62. The van der Waals surface area contributed by atoms with E-state index >= 15 is 0 Å². The molecular weight excluding hydrogens is 205 g/mol. The number of rotatable bonds is 5. The standard InChI is InChI=1S/C13H18FNO/c1-4-15-10(3)8-13(16)12-6-5-11(14)7-9(12)2/h5-7,10,15H,4,8H2,1-3H3. The number of carbonyl (C=O) groups excluding carboxylic acids is 1. The smallest absolute Gasteiger partial charge is 0.164 e. The minimum atomic E-state index is -0.297. The van der Waals surface area contributed by atoms with Gasteiger partial charge in [-0.05, 0) is 44.2 Å². The predicted molar refractivity (Wildman–Crippen MR) is 63.2 cm³/mol. The Labute approximate surface area is 95.9 Å². The molecule has 0 saturated heterocycles. The Balaban J connectivity index is 2.73. The Bertz CT molecular complexity index is 376. The van der Waals surface area contributed by atoms with Crippen LogP contribution in [-0.2, 0) is 0 Å². The summed E-state index contributed by atoms with van der Waals surface area (Å²) in [6, 6.07) is 4.44. The van der Waals surface area contributed by atoms with Crippen molar-refractivity contribution >= 4 is 5.78 Å². The van der Waals surface area contributed by atoms with Crippen molar-refractivity contribution in [2.24, 2.45) is 0 Å². The maximum absolute atomic E-state index is 12.9. The van der Waals surface area contributed by atoms with E-state index in [0.29, 0.717) is 17.5 Å². The monoisotopic (exact) mass is 223 g/mol. The van der Waals surface area contributed by atoms with Gasteiger partial charge in [0.15, 0.2) is 5.78 Å². The van der Waals surface area contributed by atoms with Crippen molar-refractivity contribution in [2.75, 3.05) is 6.54 Å². The maximum Gasteiger partial charge on any atom is 0.164 e.